The van der Waals surface area contributed by atoms with Crippen molar-refractivity contribution in [1.29, 1.82) is 0 Å². The van der Waals surface area contributed by atoms with Crippen molar-refractivity contribution in [2.45, 2.75) is 34.1 Å². The summed E-state index contributed by atoms with van der Waals surface area (Å²) in [6, 6.07) is 6.23. The molecule has 0 aliphatic carbocycles. The lowest BCUT2D eigenvalue weighted by molar-refractivity contribution is 0.388. The van der Waals surface area contributed by atoms with Crippen LogP contribution in [-0.2, 0) is 0 Å². The van der Waals surface area contributed by atoms with Gasteiger partial charge in [0.1, 0.15) is 5.75 Å². The number of anilines is 1. The number of aryl methyl sites for hydroxylation is 1. The van der Waals surface area contributed by atoms with Crippen molar-refractivity contribution in [3.8, 4) is 5.75 Å². The van der Waals surface area contributed by atoms with Gasteiger partial charge in [0, 0.05) is 6.54 Å². The number of hydrogen-bond donors (Lipinski definition) is 1. The zero-order chi connectivity index (χ0) is 12.2. The maximum atomic E-state index is 5.35. The molecular formula is C14H23NO. The number of rotatable bonds is 4. The molecule has 0 saturated carbocycles. The molecule has 0 saturated heterocycles. The van der Waals surface area contributed by atoms with Gasteiger partial charge in [0.15, 0.2) is 0 Å². The molecule has 2 nitrogen and oxygen atoms in total. The summed E-state index contributed by atoms with van der Waals surface area (Å²) in [6.45, 7) is 9.80. The molecule has 16 heavy (non-hydrogen) atoms. The Morgan fingerprint density at radius 2 is 1.94 bits per heavy atom. The van der Waals surface area contributed by atoms with Crippen LogP contribution in [0.5, 0.6) is 5.75 Å². The highest BCUT2D eigenvalue weighted by molar-refractivity contribution is 5.57. The van der Waals surface area contributed by atoms with Gasteiger partial charge in [-0.05, 0) is 36.5 Å². The first-order chi connectivity index (χ1) is 7.42. The van der Waals surface area contributed by atoms with Crippen molar-refractivity contribution < 1.29 is 4.74 Å². The standard InChI is InChI=1S/C14H23NO/c1-11-6-7-12(13(10-11)16-5)15-9-8-14(2,3)4/h6-7,10,15H,8-9H2,1-5H3. The van der Waals surface area contributed by atoms with E-state index in [9.17, 15) is 0 Å². The average molecular weight is 221 g/mol. The molecule has 0 bridgehead atoms. The number of nitrogens with one attached hydrogen (secondary N) is 1. The predicted octanol–water partition coefficient (Wildman–Crippen LogP) is 3.85. The first-order valence-corrected chi connectivity index (χ1v) is 5.81. The summed E-state index contributed by atoms with van der Waals surface area (Å²) in [7, 11) is 1.71. The number of methoxy groups -OCH3 is 1. The molecule has 2 heteroatoms. The van der Waals surface area contributed by atoms with E-state index >= 15 is 0 Å². The van der Waals surface area contributed by atoms with Gasteiger partial charge in [0.2, 0.25) is 0 Å². The van der Waals surface area contributed by atoms with Gasteiger partial charge in [-0.15, -0.1) is 0 Å². The Balaban J connectivity index is 2.60. The Kier molecular flexibility index (Phi) is 4.22. The van der Waals surface area contributed by atoms with E-state index in [1.807, 2.05) is 0 Å². The molecule has 0 amide bonds. The second-order valence-corrected chi connectivity index (χ2v) is 5.44. The normalized spacial score (nSPS) is 11.3. The molecule has 0 aliphatic heterocycles. The molecule has 0 fully saturated rings. The average Bonchev–Trinajstić information content (AvgIpc) is 2.18. The van der Waals surface area contributed by atoms with Gasteiger partial charge in [-0.1, -0.05) is 26.8 Å². The lowest BCUT2D eigenvalue weighted by Gasteiger charge is -2.19. The maximum Gasteiger partial charge on any atom is 0.142 e. The zero-order valence-corrected chi connectivity index (χ0v) is 11.1. The van der Waals surface area contributed by atoms with Crippen molar-refractivity contribution in [3.05, 3.63) is 23.8 Å². The first kappa shape index (κ1) is 12.9. The van der Waals surface area contributed by atoms with Crippen LogP contribution in [-0.4, -0.2) is 13.7 Å². The van der Waals surface area contributed by atoms with Gasteiger partial charge in [-0.2, -0.15) is 0 Å². The van der Waals surface area contributed by atoms with Gasteiger partial charge < -0.3 is 10.1 Å². The van der Waals surface area contributed by atoms with Crippen LogP contribution in [0.25, 0.3) is 0 Å². The van der Waals surface area contributed by atoms with Crippen molar-refractivity contribution in [2.24, 2.45) is 5.41 Å². The van der Waals surface area contributed by atoms with Crippen molar-refractivity contribution in [1.82, 2.24) is 0 Å². The van der Waals surface area contributed by atoms with Crippen LogP contribution in [0.4, 0.5) is 5.69 Å². The van der Waals surface area contributed by atoms with Crippen molar-refractivity contribution in [3.63, 3.8) is 0 Å². The highest BCUT2D eigenvalue weighted by Crippen LogP contribution is 2.26. The monoisotopic (exact) mass is 221 g/mol. The van der Waals surface area contributed by atoms with Crippen molar-refractivity contribution in [2.75, 3.05) is 19.0 Å². The lowest BCUT2D eigenvalue weighted by atomic mass is 9.92. The summed E-state index contributed by atoms with van der Waals surface area (Å²) in [5, 5.41) is 3.42. The summed E-state index contributed by atoms with van der Waals surface area (Å²) in [4.78, 5) is 0. The van der Waals surface area contributed by atoms with Crippen molar-refractivity contribution >= 4 is 5.69 Å². The number of benzene rings is 1. The molecule has 1 aromatic rings. The molecule has 0 atom stereocenters. The first-order valence-electron chi connectivity index (χ1n) is 5.81. The predicted molar refractivity (Wildman–Crippen MR) is 70.3 cm³/mol. The van der Waals surface area contributed by atoms with E-state index in [1.54, 1.807) is 7.11 Å². The van der Waals surface area contributed by atoms with E-state index in [1.165, 1.54) is 5.56 Å². The second kappa shape index (κ2) is 5.24. The highest BCUT2D eigenvalue weighted by Gasteiger charge is 2.10. The van der Waals surface area contributed by atoms with Crippen LogP contribution in [0.2, 0.25) is 0 Å². The summed E-state index contributed by atoms with van der Waals surface area (Å²) < 4.78 is 5.35. The highest BCUT2D eigenvalue weighted by atomic mass is 16.5. The van der Waals surface area contributed by atoms with E-state index in [4.69, 9.17) is 4.74 Å². The van der Waals surface area contributed by atoms with Crippen LogP contribution in [0.3, 0.4) is 0 Å². The molecule has 1 rings (SSSR count). The van der Waals surface area contributed by atoms with Crippen LogP contribution >= 0.6 is 0 Å². The van der Waals surface area contributed by atoms with E-state index in [0.717, 1.165) is 24.4 Å². The lowest BCUT2D eigenvalue weighted by Crippen LogP contribution is -2.13. The van der Waals surface area contributed by atoms with Crippen LogP contribution in [0.15, 0.2) is 18.2 Å². The van der Waals surface area contributed by atoms with Gasteiger partial charge in [0.05, 0.1) is 12.8 Å². The largest absolute Gasteiger partial charge is 0.495 e. The maximum absolute atomic E-state index is 5.35. The van der Waals surface area contributed by atoms with Gasteiger partial charge in [-0.25, -0.2) is 0 Å². The Hall–Kier alpha value is -1.18. The van der Waals surface area contributed by atoms with Gasteiger partial charge >= 0.3 is 0 Å². The molecule has 0 aromatic heterocycles. The zero-order valence-electron chi connectivity index (χ0n) is 11.1. The van der Waals surface area contributed by atoms with E-state index in [0.29, 0.717) is 5.41 Å². The summed E-state index contributed by atoms with van der Waals surface area (Å²) in [6.07, 6.45) is 1.14. The molecule has 90 valence electrons. The minimum Gasteiger partial charge on any atom is -0.495 e. The smallest absolute Gasteiger partial charge is 0.142 e. The van der Waals surface area contributed by atoms with Crippen LogP contribution in [0.1, 0.15) is 32.8 Å². The molecular weight excluding hydrogens is 198 g/mol. The molecule has 0 spiro atoms. The molecule has 1 N–H and O–H groups in total. The minimum atomic E-state index is 0.366. The van der Waals surface area contributed by atoms with E-state index in [-0.39, 0.29) is 0 Å². The molecule has 0 radical (unpaired) electrons. The van der Waals surface area contributed by atoms with Gasteiger partial charge in [0.25, 0.3) is 0 Å². The topological polar surface area (TPSA) is 21.3 Å². The Morgan fingerprint density at radius 3 is 2.50 bits per heavy atom. The number of ether oxygens (including phenoxy) is 1. The third-order valence-electron chi connectivity index (χ3n) is 2.55. The van der Waals surface area contributed by atoms with Crippen LogP contribution < -0.4 is 10.1 Å². The Bertz CT molecular complexity index is 339. The third kappa shape index (κ3) is 4.13. The summed E-state index contributed by atoms with van der Waals surface area (Å²) >= 11 is 0. The van der Waals surface area contributed by atoms with E-state index in [2.05, 4.69) is 51.2 Å². The Morgan fingerprint density at radius 1 is 1.25 bits per heavy atom. The number of hydrogen-bond acceptors (Lipinski definition) is 2. The fraction of sp³-hybridized carbons (Fsp3) is 0.571. The molecule has 0 aliphatic rings. The fourth-order valence-corrected chi connectivity index (χ4v) is 1.52. The molecule has 0 unspecified atom stereocenters. The second-order valence-electron chi connectivity index (χ2n) is 5.44. The summed E-state index contributed by atoms with van der Waals surface area (Å²) in [5.41, 5.74) is 2.67. The molecule has 0 heterocycles. The quantitative estimate of drug-likeness (QED) is 0.833. The third-order valence-corrected chi connectivity index (χ3v) is 2.55. The molecule has 1 aromatic carbocycles. The Labute approximate surface area is 99.0 Å². The fourth-order valence-electron chi connectivity index (χ4n) is 1.52. The minimum absolute atomic E-state index is 0.366. The SMILES string of the molecule is COc1cc(C)ccc1NCCC(C)(C)C. The van der Waals surface area contributed by atoms with Crippen LogP contribution in [0, 0.1) is 12.3 Å². The van der Waals surface area contributed by atoms with E-state index < -0.39 is 0 Å². The van der Waals surface area contributed by atoms with Gasteiger partial charge in [-0.3, -0.25) is 0 Å². The summed E-state index contributed by atoms with van der Waals surface area (Å²) in [5.74, 6) is 0.925.